The minimum Gasteiger partial charge on any atom is -0.387 e. The minimum atomic E-state index is -2.99. The van der Waals surface area contributed by atoms with Crippen LogP contribution in [0.2, 0.25) is 0 Å². The van der Waals surface area contributed by atoms with E-state index in [0.29, 0.717) is 49.6 Å². The summed E-state index contributed by atoms with van der Waals surface area (Å²) >= 11 is 0. The number of benzene rings is 1. The molecule has 9 nitrogen and oxygen atoms in total. The highest BCUT2D eigenvalue weighted by atomic mass is 32.2. The Morgan fingerprint density at radius 2 is 1.89 bits per heavy atom. The van der Waals surface area contributed by atoms with Gasteiger partial charge in [0.15, 0.2) is 0 Å². The summed E-state index contributed by atoms with van der Waals surface area (Å²) in [6, 6.07) is 8.00. The maximum atomic E-state index is 14.4. The number of alkyl halides is 1. The Labute approximate surface area is 223 Å². The van der Waals surface area contributed by atoms with Gasteiger partial charge in [0.25, 0.3) is 0 Å². The zero-order valence-electron chi connectivity index (χ0n) is 22.2. The predicted molar refractivity (Wildman–Crippen MR) is 149 cm³/mol. The van der Waals surface area contributed by atoms with E-state index in [1.807, 2.05) is 12.3 Å². The number of nitrogens with one attached hydrogen (secondary N) is 1. The van der Waals surface area contributed by atoms with Gasteiger partial charge >= 0.3 is 0 Å². The maximum absolute atomic E-state index is 14.4. The van der Waals surface area contributed by atoms with Crippen LogP contribution in [0.5, 0.6) is 0 Å². The second kappa shape index (κ2) is 9.92. The molecule has 11 heteroatoms. The van der Waals surface area contributed by atoms with Crippen molar-refractivity contribution in [3.8, 4) is 0 Å². The summed E-state index contributed by atoms with van der Waals surface area (Å²) in [5.74, 6) is 2.23. The van der Waals surface area contributed by atoms with Crippen molar-refractivity contribution >= 4 is 43.9 Å². The van der Waals surface area contributed by atoms with Crippen LogP contribution < -0.4 is 15.1 Å². The van der Waals surface area contributed by atoms with Gasteiger partial charge in [0, 0.05) is 55.3 Å². The zero-order valence-corrected chi connectivity index (χ0v) is 23.0. The molecule has 0 bridgehead atoms. The van der Waals surface area contributed by atoms with Gasteiger partial charge in [-0.05, 0) is 48.4 Å². The quantitative estimate of drug-likeness (QED) is 0.462. The van der Waals surface area contributed by atoms with Gasteiger partial charge < -0.3 is 20.2 Å². The number of sulfone groups is 1. The normalized spacial score (nSPS) is 22.7. The molecule has 5 rings (SSSR count). The highest BCUT2D eigenvalue weighted by molar-refractivity contribution is 7.90. The monoisotopic (exact) mass is 542 g/mol. The Morgan fingerprint density at radius 1 is 1.13 bits per heavy atom. The minimum absolute atomic E-state index is 0.0345. The van der Waals surface area contributed by atoms with Crippen LogP contribution in [0.25, 0.3) is 10.8 Å². The fourth-order valence-corrected chi connectivity index (χ4v) is 6.34. The Morgan fingerprint density at radius 3 is 2.58 bits per heavy atom. The molecule has 2 atom stereocenters. The molecule has 2 saturated heterocycles. The number of fused-ring (bicyclic) bond motifs is 1. The van der Waals surface area contributed by atoms with Crippen LogP contribution >= 0.6 is 0 Å². The van der Waals surface area contributed by atoms with E-state index in [0.717, 1.165) is 16.5 Å². The molecule has 0 spiro atoms. The van der Waals surface area contributed by atoms with Crippen molar-refractivity contribution in [2.45, 2.75) is 44.9 Å². The van der Waals surface area contributed by atoms with Gasteiger partial charge in [-0.25, -0.2) is 22.8 Å². The van der Waals surface area contributed by atoms with E-state index in [9.17, 15) is 17.9 Å². The molecule has 0 aliphatic carbocycles. The summed E-state index contributed by atoms with van der Waals surface area (Å²) in [5, 5.41) is 15.5. The average molecular weight is 543 g/mol. The first kappa shape index (κ1) is 26.6. The van der Waals surface area contributed by atoms with Gasteiger partial charge in [0.1, 0.15) is 27.6 Å². The molecule has 2 N–H and O–H groups in total. The molecular weight excluding hydrogens is 507 g/mol. The molecule has 2 fully saturated rings. The zero-order chi connectivity index (χ0) is 27.2. The van der Waals surface area contributed by atoms with Crippen molar-refractivity contribution in [2.75, 3.05) is 53.3 Å². The van der Waals surface area contributed by atoms with Crippen LogP contribution in [0.3, 0.4) is 0 Å². The molecule has 4 heterocycles. The molecule has 38 heavy (non-hydrogen) atoms. The van der Waals surface area contributed by atoms with E-state index in [2.05, 4.69) is 51.1 Å². The van der Waals surface area contributed by atoms with Crippen molar-refractivity contribution in [1.82, 2.24) is 15.0 Å². The van der Waals surface area contributed by atoms with Crippen LogP contribution in [0.15, 0.2) is 36.7 Å². The Kier molecular flexibility index (Phi) is 6.93. The molecule has 2 aromatic heterocycles. The lowest BCUT2D eigenvalue weighted by Crippen LogP contribution is -2.52. The first-order chi connectivity index (χ1) is 17.9. The standard InChI is InChI=1S/C27H35FN6O3S/c1-17(2)19-5-6-22(34-13-18(14-34)16-38(4,36)37)21-12-30-25(11-20(19)21)31-24-7-9-29-26(32-24)33-10-8-27(3,35)23(28)15-33/h5-7,9,11-12,17-18,23,35H,8,10,13-16H2,1-4H3,(H,29,30,31,32)/t23-,27+/m0/s1. The summed E-state index contributed by atoms with van der Waals surface area (Å²) in [7, 11) is -2.99. The number of aromatic nitrogens is 3. The highest BCUT2D eigenvalue weighted by Crippen LogP contribution is 2.37. The number of piperidine rings is 1. The smallest absolute Gasteiger partial charge is 0.227 e. The van der Waals surface area contributed by atoms with Crippen molar-refractivity contribution in [3.63, 3.8) is 0 Å². The largest absolute Gasteiger partial charge is 0.387 e. The predicted octanol–water partition coefficient (Wildman–Crippen LogP) is 3.67. The van der Waals surface area contributed by atoms with Crippen LogP contribution in [0.1, 0.15) is 38.7 Å². The fourth-order valence-electron chi connectivity index (χ4n) is 5.28. The summed E-state index contributed by atoms with van der Waals surface area (Å²) in [6.07, 6.45) is 3.69. The number of hydrogen-bond acceptors (Lipinski definition) is 9. The molecule has 2 aliphatic rings. The summed E-state index contributed by atoms with van der Waals surface area (Å²) in [6.45, 7) is 7.74. The van der Waals surface area contributed by atoms with Crippen LogP contribution in [0, 0.1) is 5.92 Å². The van der Waals surface area contributed by atoms with Crippen molar-refractivity contribution in [3.05, 3.63) is 42.2 Å². The summed E-state index contributed by atoms with van der Waals surface area (Å²) in [5.41, 5.74) is 0.915. The third-order valence-electron chi connectivity index (χ3n) is 7.50. The molecule has 0 unspecified atom stereocenters. The molecular formula is C27H35FN6O3S. The Bertz CT molecular complexity index is 1440. The third kappa shape index (κ3) is 5.54. The lowest BCUT2D eigenvalue weighted by atomic mass is 9.92. The van der Waals surface area contributed by atoms with Gasteiger partial charge in [-0.15, -0.1) is 0 Å². The van der Waals surface area contributed by atoms with E-state index >= 15 is 0 Å². The topological polar surface area (TPSA) is 112 Å². The first-order valence-corrected chi connectivity index (χ1v) is 15.0. The summed E-state index contributed by atoms with van der Waals surface area (Å²) in [4.78, 5) is 17.5. The van der Waals surface area contributed by atoms with Crippen molar-refractivity contribution in [2.24, 2.45) is 5.92 Å². The van der Waals surface area contributed by atoms with Crippen LogP contribution in [0.4, 0.5) is 27.7 Å². The number of pyridine rings is 1. The number of aliphatic hydroxyl groups is 1. The number of halogens is 1. The number of hydrogen-bond donors (Lipinski definition) is 2. The second-order valence-corrected chi connectivity index (χ2v) is 13.4. The van der Waals surface area contributed by atoms with E-state index in [1.165, 1.54) is 18.7 Å². The molecule has 2 aliphatic heterocycles. The summed E-state index contributed by atoms with van der Waals surface area (Å²) < 4.78 is 37.8. The average Bonchev–Trinajstić information content (AvgIpc) is 2.82. The molecule has 204 valence electrons. The van der Waals surface area contributed by atoms with Gasteiger partial charge in [0.2, 0.25) is 5.95 Å². The van der Waals surface area contributed by atoms with Gasteiger partial charge in [-0.3, -0.25) is 0 Å². The highest BCUT2D eigenvalue weighted by Gasteiger charge is 2.38. The van der Waals surface area contributed by atoms with E-state index < -0.39 is 21.6 Å². The third-order valence-corrected chi connectivity index (χ3v) is 8.57. The Hall–Kier alpha value is -3.05. The number of nitrogens with zero attached hydrogens (tertiary/aromatic N) is 5. The Balaban J connectivity index is 1.38. The van der Waals surface area contributed by atoms with Crippen molar-refractivity contribution in [1.29, 1.82) is 0 Å². The fraction of sp³-hybridized carbons (Fsp3) is 0.519. The van der Waals surface area contributed by atoms with E-state index in [-0.39, 0.29) is 18.2 Å². The molecule has 0 radical (unpaired) electrons. The van der Waals surface area contributed by atoms with Crippen LogP contribution in [-0.2, 0) is 9.84 Å². The van der Waals surface area contributed by atoms with Crippen LogP contribution in [-0.4, -0.2) is 78.4 Å². The molecule has 0 saturated carbocycles. The van der Waals surface area contributed by atoms with Crippen molar-refractivity contribution < 1.29 is 17.9 Å². The maximum Gasteiger partial charge on any atom is 0.227 e. The van der Waals surface area contributed by atoms with Gasteiger partial charge in [-0.1, -0.05) is 19.9 Å². The molecule has 3 aromatic rings. The lowest BCUT2D eigenvalue weighted by Gasteiger charge is -2.41. The second-order valence-electron chi connectivity index (χ2n) is 11.2. The number of anilines is 4. The van der Waals surface area contributed by atoms with Gasteiger partial charge in [-0.2, -0.15) is 4.98 Å². The van der Waals surface area contributed by atoms with E-state index in [1.54, 1.807) is 17.2 Å². The molecule has 0 amide bonds. The van der Waals surface area contributed by atoms with Gasteiger partial charge in [0.05, 0.1) is 17.9 Å². The SMILES string of the molecule is CC(C)c1ccc(N2CC(CS(C)(=O)=O)C2)c2cnc(Nc3ccnc(N4CC[C@@](C)(O)[C@@H](F)C4)n3)cc12. The first-order valence-electron chi connectivity index (χ1n) is 13.0. The number of rotatable bonds is 7. The van der Waals surface area contributed by atoms with E-state index in [4.69, 9.17) is 0 Å². The molecule has 1 aromatic carbocycles. The lowest BCUT2D eigenvalue weighted by molar-refractivity contribution is -0.0332.